The SMILES string of the molecule is CC(Sc1ccc(Cl)cc1)C(=O)NCCCc1nc(-c2ccncc2)cs1. The van der Waals surface area contributed by atoms with Crippen LogP contribution in [0.25, 0.3) is 11.3 Å². The largest absolute Gasteiger partial charge is 0.355 e. The normalized spacial score (nSPS) is 11.9. The topological polar surface area (TPSA) is 54.9 Å². The number of nitrogens with zero attached hydrogens (tertiary/aromatic N) is 2. The first-order valence-corrected chi connectivity index (χ1v) is 10.8. The van der Waals surface area contributed by atoms with Crippen LogP contribution in [0.5, 0.6) is 0 Å². The maximum atomic E-state index is 12.2. The molecule has 2 aromatic heterocycles. The minimum absolute atomic E-state index is 0.0477. The van der Waals surface area contributed by atoms with Crippen molar-refractivity contribution in [1.82, 2.24) is 15.3 Å². The van der Waals surface area contributed by atoms with Crippen molar-refractivity contribution >= 4 is 40.6 Å². The van der Waals surface area contributed by atoms with Crippen LogP contribution in [0.4, 0.5) is 0 Å². The van der Waals surface area contributed by atoms with Gasteiger partial charge in [-0.05, 0) is 49.7 Å². The Morgan fingerprint density at radius 3 is 2.70 bits per heavy atom. The summed E-state index contributed by atoms with van der Waals surface area (Å²) in [5.74, 6) is 0.0477. The lowest BCUT2D eigenvalue weighted by molar-refractivity contribution is -0.120. The van der Waals surface area contributed by atoms with E-state index >= 15 is 0 Å². The number of aromatic nitrogens is 2. The van der Waals surface area contributed by atoms with E-state index in [2.05, 4.69) is 20.7 Å². The Kier molecular flexibility index (Phi) is 7.26. The van der Waals surface area contributed by atoms with Crippen molar-refractivity contribution in [3.63, 3.8) is 0 Å². The maximum Gasteiger partial charge on any atom is 0.233 e. The van der Waals surface area contributed by atoms with Gasteiger partial charge in [0.25, 0.3) is 0 Å². The molecule has 0 saturated carbocycles. The molecule has 0 bridgehead atoms. The highest BCUT2D eigenvalue weighted by Gasteiger charge is 2.14. The Hall–Kier alpha value is -1.89. The molecular formula is C20H20ClN3OS2. The predicted octanol–water partition coefficient (Wildman–Crippen LogP) is 5.09. The van der Waals surface area contributed by atoms with E-state index in [-0.39, 0.29) is 11.2 Å². The molecule has 4 nitrogen and oxygen atoms in total. The maximum absolute atomic E-state index is 12.2. The number of carbonyl (C=O) groups excluding carboxylic acids is 1. The molecule has 7 heteroatoms. The Morgan fingerprint density at radius 2 is 1.96 bits per heavy atom. The van der Waals surface area contributed by atoms with Gasteiger partial charge >= 0.3 is 0 Å². The third kappa shape index (κ3) is 6.06. The van der Waals surface area contributed by atoms with Gasteiger partial charge in [-0.25, -0.2) is 4.98 Å². The van der Waals surface area contributed by atoms with Crippen LogP contribution in [0.15, 0.2) is 59.1 Å². The van der Waals surface area contributed by atoms with Gasteiger partial charge in [-0.15, -0.1) is 23.1 Å². The van der Waals surface area contributed by atoms with Gasteiger partial charge in [0.05, 0.1) is 16.0 Å². The Bertz CT molecular complexity index is 868. The molecule has 2 heterocycles. The second-order valence-corrected chi connectivity index (χ2v) is 8.76. The molecule has 1 unspecified atom stereocenters. The van der Waals surface area contributed by atoms with Crippen LogP contribution in [-0.2, 0) is 11.2 Å². The third-order valence-electron chi connectivity index (χ3n) is 3.89. The van der Waals surface area contributed by atoms with E-state index in [4.69, 9.17) is 11.6 Å². The molecule has 1 aromatic carbocycles. The number of pyridine rings is 1. The smallest absolute Gasteiger partial charge is 0.233 e. The molecule has 3 rings (SSSR count). The Balaban J connectivity index is 1.40. The zero-order valence-electron chi connectivity index (χ0n) is 14.9. The molecule has 27 heavy (non-hydrogen) atoms. The number of aryl methyl sites for hydroxylation is 1. The molecule has 0 radical (unpaired) electrons. The number of carbonyl (C=O) groups is 1. The summed E-state index contributed by atoms with van der Waals surface area (Å²) in [6.07, 6.45) is 5.27. The minimum atomic E-state index is -0.149. The fourth-order valence-corrected chi connectivity index (χ4v) is 4.31. The lowest BCUT2D eigenvalue weighted by Crippen LogP contribution is -2.31. The third-order valence-corrected chi connectivity index (χ3v) is 6.16. The summed E-state index contributed by atoms with van der Waals surface area (Å²) in [6, 6.07) is 11.4. The number of halogens is 1. The second-order valence-electron chi connectivity index (χ2n) is 5.97. The monoisotopic (exact) mass is 417 g/mol. The van der Waals surface area contributed by atoms with Gasteiger partial charge in [0.1, 0.15) is 0 Å². The summed E-state index contributed by atoms with van der Waals surface area (Å²) in [5.41, 5.74) is 2.06. The number of rotatable bonds is 8. The summed E-state index contributed by atoms with van der Waals surface area (Å²) in [5, 5.41) is 6.70. The fourth-order valence-electron chi connectivity index (χ4n) is 2.45. The zero-order valence-corrected chi connectivity index (χ0v) is 17.3. The second kappa shape index (κ2) is 9.88. The van der Waals surface area contributed by atoms with Gasteiger partial charge in [0.15, 0.2) is 0 Å². The zero-order chi connectivity index (χ0) is 19.1. The number of hydrogen-bond donors (Lipinski definition) is 1. The van der Waals surface area contributed by atoms with Gasteiger partial charge in [-0.3, -0.25) is 9.78 Å². The molecule has 1 N–H and O–H groups in total. The number of amides is 1. The molecule has 1 amide bonds. The molecular weight excluding hydrogens is 398 g/mol. The number of nitrogens with one attached hydrogen (secondary N) is 1. The number of thioether (sulfide) groups is 1. The van der Waals surface area contributed by atoms with Gasteiger partial charge < -0.3 is 5.32 Å². The highest BCUT2D eigenvalue weighted by Crippen LogP contribution is 2.25. The van der Waals surface area contributed by atoms with E-state index in [0.29, 0.717) is 11.6 Å². The minimum Gasteiger partial charge on any atom is -0.355 e. The molecule has 0 fully saturated rings. The molecule has 0 aliphatic heterocycles. The highest BCUT2D eigenvalue weighted by atomic mass is 35.5. The van der Waals surface area contributed by atoms with E-state index in [1.165, 1.54) is 11.8 Å². The molecule has 1 atom stereocenters. The molecule has 0 aliphatic carbocycles. The Morgan fingerprint density at radius 1 is 1.22 bits per heavy atom. The first-order valence-electron chi connectivity index (χ1n) is 8.66. The summed E-state index contributed by atoms with van der Waals surface area (Å²) in [6.45, 7) is 2.56. The van der Waals surface area contributed by atoms with Gasteiger partial charge in [-0.2, -0.15) is 0 Å². The standard InChI is InChI=1S/C20H20ClN3OS2/c1-14(27-17-6-4-16(21)5-7-17)20(25)23-10-2-3-19-24-18(13-26-19)15-8-11-22-12-9-15/h4-9,11-14H,2-3,10H2,1H3,(H,23,25). The first kappa shape index (κ1) is 19.9. The van der Waals surface area contributed by atoms with E-state index < -0.39 is 0 Å². The Labute approximate surface area is 172 Å². The van der Waals surface area contributed by atoms with Crippen molar-refractivity contribution in [1.29, 1.82) is 0 Å². The van der Waals surface area contributed by atoms with Crippen LogP contribution < -0.4 is 5.32 Å². The number of thiazole rings is 1. The van der Waals surface area contributed by atoms with Crippen molar-refractivity contribution in [2.75, 3.05) is 6.54 Å². The molecule has 3 aromatic rings. The lowest BCUT2D eigenvalue weighted by Gasteiger charge is -2.11. The van der Waals surface area contributed by atoms with Crippen molar-refractivity contribution in [3.05, 3.63) is 64.2 Å². The summed E-state index contributed by atoms with van der Waals surface area (Å²) in [7, 11) is 0. The quantitative estimate of drug-likeness (QED) is 0.409. The van der Waals surface area contributed by atoms with E-state index in [1.807, 2.05) is 43.3 Å². The first-order chi connectivity index (χ1) is 13.1. The van der Waals surface area contributed by atoms with Crippen LogP contribution in [-0.4, -0.2) is 27.7 Å². The average molecular weight is 418 g/mol. The van der Waals surface area contributed by atoms with Crippen molar-refractivity contribution in [3.8, 4) is 11.3 Å². The number of benzene rings is 1. The van der Waals surface area contributed by atoms with Crippen molar-refractivity contribution in [2.45, 2.75) is 29.9 Å². The summed E-state index contributed by atoms with van der Waals surface area (Å²) < 4.78 is 0. The van der Waals surface area contributed by atoms with Crippen LogP contribution >= 0.6 is 34.7 Å². The van der Waals surface area contributed by atoms with Crippen LogP contribution in [0, 0.1) is 0 Å². The summed E-state index contributed by atoms with van der Waals surface area (Å²) in [4.78, 5) is 22.0. The lowest BCUT2D eigenvalue weighted by atomic mass is 10.2. The van der Waals surface area contributed by atoms with E-state index in [0.717, 1.165) is 34.0 Å². The van der Waals surface area contributed by atoms with Crippen LogP contribution in [0.1, 0.15) is 18.4 Å². The van der Waals surface area contributed by atoms with Gasteiger partial charge in [0, 0.05) is 46.2 Å². The number of hydrogen-bond acceptors (Lipinski definition) is 5. The van der Waals surface area contributed by atoms with Gasteiger partial charge in [-0.1, -0.05) is 11.6 Å². The van der Waals surface area contributed by atoms with Crippen molar-refractivity contribution < 1.29 is 4.79 Å². The predicted molar refractivity (Wildman–Crippen MR) is 113 cm³/mol. The summed E-state index contributed by atoms with van der Waals surface area (Å²) >= 11 is 9.07. The fraction of sp³-hybridized carbons (Fsp3) is 0.250. The molecule has 0 saturated heterocycles. The average Bonchev–Trinajstić information content (AvgIpc) is 3.16. The van der Waals surface area contributed by atoms with Gasteiger partial charge in [0.2, 0.25) is 5.91 Å². The molecule has 140 valence electrons. The molecule has 0 spiro atoms. The van der Waals surface area contributed by atoms with Crippen LogP contribution in [0.3, 0.4) is 0 Å². The van der Waals surface area contributed by atoms with E-state index in [9.17, 15) is 4.79 Å². The van der Waals surface area contributed by atoms with Crippen LogP contribution in [0.2, 0.25) is 5.02 Å². The van der Waals surface area contributed by atoms with Crippen molar-refractivity contribution in [2.24, 2.45) is 0 Å². The molecule has 0 aliphatic rings. The van der Waals surface area contributed by atoms with E-state index in [1.54, 1.807) is 23.7 Å². The highest BCUT2D eigenvalue weighted by molar-refractivity contribution is 8.00.